The van der Waals surface area contributed by atoms with Gasteiger partial charge in [-0.05, 0) is 37.3 Å². The first-order chi connectivity index (χ1) is 10.6. The fraction of sp³-hybridized carbons (Fsp3) is 0.176. The average molecular weight is 299 g/mol. The van der Waals surface area contributed by atoms with Gasteiger partial charge in [-0.2, -0.15) is 0 Å². The van der Waals surface area contributed by atoms with Crippen molar-refractivity contribution >= 4 is 17.6 Å². The molecule has 114 valence electrons. The highest BCUT2D eigenvalue weighted by Crippen LogP contribution is 2.23. The molecule has 1 amide bonds. The summed E-state index contributed by atoms with van der Waals surface area (Å²) in [6, 6.07) is 13.2. The van der Waals surface area contributed by atoms with Crippen LogP contribution >= 0.6 is 0 Å². The minimum atomic E-state index is -1.06. The van der Waals surface area contributed by atoms with Gasteiger partial charge in [0, 0.05) is 12.1 Å². The largest absolute Gasteiger partial charge is 0.497 e. The summed E-state index contributed by atoms with van der Waals surface area (Å²) >= 11 is 0. The second-order valence-electron chi connectivity index (χ2n) is 4.60. The van der Waals surface area contributed by atoms with Crippen LogP contribution in [-0.2, 0) is 0 Å². The molecule has 0 spiro atoms. The smallest absolute Gasteiger partial charge is 0.337 e. The predicted molar refractivity (Wildman–Crippen MR) is 83.7 cm³/mol. The second-order valence-corrected chi connectivity index (χ2v) is 4.60. The topological polar surface area (TPSA) is 66.8 Å². The van der Waals surface area contributed by atoms with Gasteiger partial charge in [0.2, 0.25) is 0 Å². The Morgan fingerprint density at radius 2 is 1.86 bits per heavy atom. The van der Waals surface area contributed by atoms with Crippen molar-refractivity contribution in [1.82, 2.24) is 0 Å². The molecular weight excluding hydrogens is 282 g/mol. The van der Waals surface area contributed by atoms with Crippen LogP contribution < -0.4 is 9.64 Å². The number of nitrogens with zero attached hydrogens (tertiary/aromatic N) is 1. The quantitative estimate of drug-likeness (QED) is 0.921. The van der Waals surface area contributed by atoms with Gasteiger partial charge in [0.05, 0.1) is 18.4 Å². The van der Waals surface area contributed by atoms with E-state index >= 15 is 0 Å². The number of carbonyl (C=O) groups is 2. The minimum absolute atomic E-state index is 0.0978. The standard InChI is InChI=1S/C17H17NO4/c1-3-18(15-10-5-4-9-14(15)17(20)21)16(19)12-7-6-8-13(11-12)22-2/h4-11H,3H2,1-2H3,(H,20,21). The van der Waals surface area contributed by atoms with Crippen molar-refractivity contribution in [1.29, 1.82) is 0 Å². The van der Waals surface area contributed by atoms with Crippen molar-refractivity contribution in [3.8, 4) is 5.75 Å². The summed E-state index contributed by atoms with van der Waals surface area (Å²) in [4.78, 5) is 25.5. The van der Waals surface area contributed by atoms with E-state index in [1.165, 1.54) is 18.1 Å². The summed E-state index contributed by atoms with van der Waals surface area (Å²) < 4.78 is 5.12. The van der Waals surface area contributed by atoms with E-state index in [0.717, 1.165) is 0 Å². The van der Waals surface area contributed by atoms with Crippen LogP contribution in [0, 0.1) is 0 Å². The van der Waals surface area contributed by atoms with Gasteiger partial charge in [-0.1, -0.05) is 18.2 Å². The van der Waals surface area contributed by atoms with Crippen LogP contribution in [-0.4, -0.2) is 30.6 Å². The normalized spacial score (nSPS) is 10.1. The van der Waals surface area contributed by atoms with Gasteiger partial charge in [-0.25, -0.2) is 4.79 Å². The molecule has 2 rings (SSSR count). The van der Waals surface area contributed by atoms with Gasteiger partial charge < -0.3 is 14.7 Å². The average Bonchev–Trinajstić information content (AvgIpc) is 2.55. The molecule has 0 fully saturated rings. The van der Waals surface area contributed by atoms with Crippen molar-refractivity contribution in [2.45, 2.75) is 6.92 Å². The number of para-hydroxylation sites is 1. The van der Waals surface area contributed by atoms with Crippen molar-refractivity contribution in [2.75, 3.05) is 18.6 Å². The molecule has 0 radical (unpaired) electrons. The highest BCUT2D eigenvalue weighted by atomic mass is 16.5. The number of carboxylic acid groups (broad SMARTS) is 1. The van der Waals surface area contributed by atoms with Crippen LogP contribution in [0.4, 0.5) is 5.69 Å². The highest BCUT2D eigenvalue weighted by molar-refractivity contribution is 6.09. The van der Waals surface area contributed by atoms with Gasteiger partial charge in [0.15, 0.2) is 0 Å². The monoisotopic (exact) mass is 299 g/mol. The Labute approximate surface area is 128 Å². The Kier molecular flexibility index (Phi) is 4.78. The second kappa shape index (κ2) is 6.76. The molecular formula is C17H17NO4. The molecule has 0 heterocycles. The van der Waals surface area contributed by atoms with E-state index in [2.05, 4.69) is 0 Å². The lowest BCUT2D eigenvalue weighted by molar-refractivity contribution is 0.0697. The van der Waals surface area contributed by atoms with E-state index < -0.39 is 5.97 Å². The van der Waals surface area contributed by atoms with Crippen LogP contribution in [0.25, 0.3) is 0 Å². The molecule has 0 aliphatic heterocycles. The van der Waals surface area contributed by atoms with E-state index in [9.17, 15) is 14.7 Å². The van der Waals surface area contributed by atoms with Gasteiger partial charge in [-0.3, -0.25) is 4.79 Å². The van der Waals surface area contributed by atoms with E-state index in [0.29, 0.717) is 23.5 Å². The van der Waals surface area contributed by atoms with E-state index in [4.69, 9.17) is 4.74 Å². The summed E-state index contributed by atoms with van der Waals surface area (Å²) in [6.45, 7) is 2.16. The summed E-state index contributed by atoms with van der Waals surface area (Å²) in [5.74, 6) is -0.754. The lowest BCUT2D eigenvalue weighted by Gasteiger charge is -2.23. The molecule has 2 aromatic rings. The number of rotatable bonds is 5. The maximum Gasteiger partial charge on any atom is 0.337 e. The summed E-state index contributed by atoms with van der Waals surface area (Å²) in [7, 11) is 1.53. The van der Waals surface area contributed by atoms with Crippen molar-refractivity contribution in [3.63, 3.8) is 0 Å². The zero-order valence-corrected chi connectivity index (χ0v) is 12.4. The van der Waals surface area contributed by atoms with Crippen LogP contribution in [0.3, 0.4) is 0 Å². The third kappa shape index (κ3) is 3.09. The third-order valence-electron chi connectivity index (χ3n) is 3.30. The first kappa shape index (κ1) is 15.6. The Bertz CT molecular complexity index is 697. The minimum Gasteiger partial charge on any atom is -0.497 e. The molecule has 2 aromatic carbocycles. The Balaban J connectivity index is 2.43. The number of ether oxygens (including phenoxy) is 1. The molecule has 0 aromatic heterocycles. The van der Waals surface area contributed by atoms with Crippen LogP contribution in [0.2, 0.25) is 0 Å². The first-order valence-electron chi connectivity index (χ1n) is 6.86. The molecule has 0 aliphatic rings. The molecule has 22 heavy (non-hydrogen) atoms. The number of hydrogen-bond acceptors (Lipinski definition) is 3. The summed E-state index contributed by atoms with van der Waals surface area (Å²) in [5.41, 5.74) is 0.923. The van der Waals surface area contributed by atoms with Gasteiger partial charge in [0.25, 0.3) is 5.91 Å². The lowest BCUT2D eigenvalue weighted by atomic mass is 10.1. The van der Waals surface area contributed by atoms with Crippen molar-refractivity contribution in [2.24, 2.45) is 0 Å². The predicted octanol–water partition coefficient (Wildman–Crippen LogP) is 3.06. The number of anilines is 1. The molecule has 5 heteroatoms. The number of carboxylic acids is 1. The lowest BCUT2D eigenvalue weighted by Crippen LogP contribution is -2.32. The highest BCUT2D eigenvalue weighted by Gasteiger charge is 2.21. The number of methoxy groups -OCH3 is 1. The summed E-state index contributed by atoms with van der Waals surface area (Å²) in [6.07, 6.45) is 0. The fourth-order valence-corrected chi connectivity index (χ4v) is 2.23. The Morgan fingerprint density at radius 1 is 1.14 bits per heavy atom. The Hall–Kier alpha value is -2.82. The zero-order valence-electron chi connectivity index (χ0n) is 12.4. The molecule has 0 atom stereocenters. The maximum absolute atomic E-state index is 12.7. The molecule has 5 nitrogen and oxygen atoms in total. The number of benzene rings is 2. The Morgan fingerprint density at radius 3 is 2.50 bits per heavy atom. The molecule has 0 aliphatic carbocycles. The van der Waals surface area contributed by atoms with E-state index in [1.54, 1.807) is 49.4 Å². The molecule has 0 saturated carbocycles. The molecule has 0 saturated heterocycles. The SMILES string of the molecule is CCN(C(=O)c1cccc(OC)c1)c1ccccc1C(=O)O. The van der Waals surface area contributed by atoms with Crippen LogP contribution in [0.1, 0.15) is 27.6 Å². The third-order valence-corrected chi connectivity index (χ3v) is 3.30. The molecule has 1 N–H and O–H groups in total. The molecule has 0 bridgehead atoms. The van der Waals surface area contributed by atoms with Gasteiger partial charge in [-0.15, -0.1) is 0 Å². The number of aromatic carboxylic acids is 1. The van der Waals surface area contributed by atoms with Gasteiger partial charge >= 0.3 is 5.97 Å². The van der Waals surface area contributed by atoms with Crippen molar-refractivity contribution in [3.05, 3.63) is 59.7 Å². The molecule has 0 unspecified atom stereocenters. The van der Waals surface area contributed by atoms with E-state index in [1.807, 2.05) is 0 Å². The number of amides is 1. The van der Waals surface area contributed by atoms with Gasteiger partial charge in [0.1, 0.15) is 5.75 Å². The maximum atomic E-state index is 12.7. The van der Waals surface area contributed by atoms with Crippen LogP contribution in [0.15, 0.2) is 48.5 Å². The van der Waals surface area contributed by atoms with Crippen LogP contribution in [0.5, 0.6) is 5.75 Å². The summed E-state index contributed by atoms with van der Waals surface area (Å²) in [5, 5.41) is 9.29. The zero-order chi connectivity index (χ0) is 16.1. The number of carbonyl (C=O) groups excluding carboxylic acids is 1. The van der Waals surface area contributed by atoms with E-state index in [-0.39, 0.29) is 11.5 Å². The number of hydrogen-bond donors (Lipinski definition) is 1. The fourth-order valence-electron chi connectivity index (χ4n) is 2.23. The van der Waals surface area contributed by atoms with Crippen molar-refractivity contribution < 1.29 is 19.4 Å². The first-order valence-corrected chi connectivity index (χ1v) is 6.86.